The first-order valence-electron chi connectivity index (χ1n) is 6.62. The second-order valence-electron chi connectivity index (χ2n) is 4.81. The summed E-state index contributed by atoms with van der Waals surface area (Å²) in [6.07, 6.45) is 5.71. The van der Waals surface area contributed by atoms with Gasteiger partial charge in [-0.3, -0.25) is 0 Å². The molecule has 0 amide bonds. The predicted molar refractivity (Wildman–Crippen MR) is 71.8 cm³/mol. The van der Waals surface area contributed by atoms with Crippen molar-refractivity contribution in [3.8, 4) is 5.69 Å². The first-order valence-corrected chi connectivity index (χ1v) is 6.62. The van der Waals surface area contributed by atoms with E-state index in [9.17, 15) is 0 Å². The summed E-state index contributed by atoms with van der Waals surface area (Å²) in [5, 5.41) is 8.21. The third-order valence-electron chi connectivity index (χ3n) is 3.73. The molecule has 0 unspecified atom stereocenters. The number of aromatic nitrogens is 3. The van der Waals surface area contributed by atoms with Gasteiger partial charge in [0.1, 0.15) is 0 Å². The Balaban J connectivity index is 2.17. The van der Waals surface area contributed by atoms with Gasteiger partial charge in [-0.1, -0.05) is 24.3 Å². The van der Waals surface area contributed by atoms with Gasteiger partial charge < -0.3 is 5.73 Å². The third-order valence-corrected chi connectivity index (χ3v) is 3.73. The lowest BCUT2D eigenvalue weighted by Gasteiger charge is -2.19. The maximum atomic E-state index is 5.87. The number of hydrogen-bond acceptors (Lipinski definition) is 3. The Morgan fingerprint density at radius 1 is 1.28 bits per heavy atom. The molecule has 4 heteroatoms. The number of benzene rings is 1. The fourth-order valence-corrected chi connectivity index (χ4v) is 2.80. The molecule has 0 atom stereocenters. The van der Waals surface area contributed by atoms with Crippen molar-refractivity contribution in [1.29, 1.82) is 0 Å². The number of nitrogens with two attached hydrogens (primary N) is 1. The highest BCUT2D eigenvalue weighted by molar-refractivity contribution is 5.49. The van der Waals surface area contributed by atoms with Crippen molar-refractivity contribution in [1.82, 2.24) is 15.0 Å². The van der Waals surface area contributed by atoms with Crippen LogP contribution in [-0.4, -0.2) is 15.0 Å². The van der Waals surface area contributed by atoms with E-state index in [0.29, 0.717) is 5.82 Å². The maximum absolute atomic E-state index is 5.87. The molecule has 4 nitrogen and oxygen atoms in total. The molecule has 0 spiro atoms. The summed E-state index contributed by atoms with van der Waals surface area (Å²) >= 11 is 0. The maximum Gasteiger partial charge on any atom is 0.169 e. The van der Waals surface area contributed by atoms with E-state index < -0.39 is 0 Å². The summed E-state index contributed by atoms with van der Waals surface area (Å²) in [5.74, 6) is 0.547. The normalized spacial score (nSPS) is 14.5. The van der Waals surface area contributed by atoms with E-state index in [1.807, 2.05) is 4.68 Å². The van der Waals surface area contributed by atoms with Crippen LogP contribution >= 0.6 is 0 Å². The largest absolute Gasteiger partial charge is 0.381 e. The quantitative estimate of drug-likeness (QED) is 0.879. The lowest BCUT2D eigenvalue weighted by molar-refractivity contribution is 0.669. The average Bonchev–Trinajstić information content (AvgIpc) is 2.79. The summed E-state index contributed by atoms with van der Waals surface area (Å²) in [4.78, 5) is 0. The van der Waals surface area contributed by atoms with Gasteiger partial charge in [0, 0.05) is 0 Å². The van der Waals surface area contributed by atoms with E-state index in [4.69, 9.17) is 5.73 Å². The van der Waals surface area contributed by atoms with Crippen LogP contribution in [0, 0.1) is 0 Å². The van der Waals surface area contributed by atoms with Crippen LogP contribution in [-0.2, 0) is 19.3 Å². The number of nitrogen functional groups attached to an aromatic ring is 1. The molecule has 2 N–H and O–H groups in total. The van der Waals surface area contributed by atoms with Gasteiger partial charge in [-0.2, -0.15) is 0 Å². The van der Waals surface area contributed by atoms with E-state index >= 15 is 0 Å². The SMILES string of the molecule is CCc1c(N)nnn1-c1cccc2c1CCCC2. The number of fused-ring (bicyclic) bond motifs is 1. The van der Waals surface area contributed by atoms with Gasteiger partial charge in [0.05, 0.1) is 11.4 Å². The monoisotopic (exact) mass is 242 g/mol. The van der Waals surface area contributed by atoms with Crippen LogP contribution in [0.2, 0.25) is 0 Å². The first kappa shape index (κ1) is 11.3. The minimum Gasteiger partial charge on any atom is -0.381 e. The summed E-state index contributed by atoms with van der Waals surface area (Å²) in [7, 11) is 0. The predicted octanol–water partition coefficient (Wildman–Crippen LogP) is 2.29. The molecule has 1 aliphatic rings. The topological polar surface area (TPSA) is 56.7 Å². The van der Waals surface area contributed by atoms with E-state index in [2.05, 4.69) is 35.4 Å². The van der Waals surface area contributed by atoms with Crippen molar-refractivity contribution in [2.75, 3.05) is 5.73 Å². The lowest BCUT2D eigenvalue weighted by Crippen LogP contribution is -2.11. The van der Waals surface area contributed by atoms with Crippen molar-refractivity contribution in [3.63, 3.8) is 0 Å². The van der Waals surface area contributed by atoms with Crippen molar-refractivity contribution < 1.29 is 0 Å². The van der Waals surface area contributed by atoms with Crippen LogP contribution in [0.3, 0.4) is 0 Å². The Hall–Kier alpha value is -1.84. The molecule has 1 aliphatic carbocycles. The zero-order valence-corrected chi connectivity index (χ0v) is 10.7. The van der Waals surface area contributed by atoms with Crippen LogP contribution in [0.5, 0.6) is 0 Å². The standard InChI is InChI=1S/C14H18N4/c1-2-12-14(15)16-17-18(12)13-9-5-7-10-6-3-4-8-11(10)13/h5,7,9H,2-4,6,8,15H2,1H3. The highest BCUT2D eigenvalue weighted by atomic mass is 15.4. The minimum absolute atomic E-state index is 0.547. The molecule has 3 rings (SSSR count). The Kier molecular flexibility index (Phi) is 2.78. The molecular weight excluding hydrogens is 224 g/mol. The van der Waals surface area contributed by atoms with Crippen molar-refractivity contribution in [2.45, 2.75) is 39.0 Å². The number of nitrogens with zero attached hydrogens (tertiary/aromatic N) is 3. The van der Waals surface area contributed by atoms with Gasteiger partial charge in [0.2, 0.25) is 0 Å². The average molecular weight is 242 g/mol. The third kappa shape index (κ3) is 1.68. The van der Waals surface area contributed by atoms with Crippen molar-refractivity contribution in [2.24, 2.45) is 0 Å². The summed E-state index contributed by atoms with van der Waals surface area (Å²) < 4.78 is 1.92. The van der Waals surface area contributed by atoms with Crippen LogP contribution in [0.1, 0.15) is 36.6 Å². The molecule has 1 aromatic carbocycles. The summed E-state index contributed by atoms with van der Waals surface area (Å²) in [5.41, 5.74) is 10.9. The van der Waals surface area contributed by atoms with Gasteiger partial charge in [-0.05, 0) is 49.3 Å². The fourth-order valence-electron chi connectivity index (χ4n) is 2.80. The highest BCUT2D eigenvalue weighted by Gasteiger charge is 2.17. The van der Waals surface area contributed by atoms with Crippen LogP contribution in [0.4, 0.5) is 5.82 Å². The second kappa shape index (κ2) is 4.44. The molecular formula is C14H18N4. The molecule has 18 heavy (non-hydrogen) atoms. The summed E-state index contributed by atoms with van der Waals surface area (Å²) in [6.45, 7) is 2.08. The lowest BCUT2D eigenvalue weighted by atomic mass is 9.90. The van der Waals surface area contributed by atoms with E-state index in [0.717, 1.165) is 24.2 Å². The molecule has 1 heterocycles. The number of rotatable bonds is 2. The number of aryl methyl sites for hydroxylation is 1. The van der Waals surface area contributed by atoms with Gasteiger partial charge in [0.25, 0.3) is 0 Å². The molecule has 0 bridgehead atoms. The van der Waals surface area contributed by atoms with Crippen molar-refractivity contribution >= 4 is 5.82 Å². The number of hydrogen-bond donors (Lipinski definition) is 1. The molecule has 2 aromatic rings. The fraction of sp³-hybridized carbons (Fsp3) is 0.429. The minimum atomic E-state index is 0.547. The zero-order valence-electron chi connectivity index (χ0n) is 10.7. The molecule has 0 aliphatic heterocycles. The second-order valence-corrected chi connectivity index (χ2v) is 4.81. The van der Waals surface area contributed by atoms with E-state index in [1.54, 1.807) is 0 Å². The van der Waals surface area contributed by atoms with Gasteiger partial charge in [-0.15, -0.1) is 5.10 Å². The Bertz CT molecular complexity index is 571. The molecule has 0 radical (unpaired) electrons. The highest BCUT2D eigenvalue weighted by Crippen LogP contribution is 2.28. The molecule has 94 valence electrons. The zero-order chi connectivity index (χ0) is 12.5. The Labute approximate surface area is 107 Å². The van der Waals surface area contributed by atoms with Crippen LogP contribution in [0.25, 0.3) is 5.69 Å². The van der Waals surface area contributed by atoms with Gasteiger partial charge in [0.15, 0.2) is 5.82 Å². The van der Waals surface area contributed by atoms with Gasteiger partial charge >= 0.3 is 0 Å². The molecule has 0 saturated carbocycles. The van der Waals surface area contributed by atoms with E-state index in [1.165, 1.54) is 30.4 Å². The molecule has 1 aromatic heterocycles. The smallest absolute Gasteiger partial charge is 0.169 e. The van der Waals surface area contributed by atoms with Crippen LogP contribution in [0.15, 0.2) is 18.2 Å². The molecule has 0 fully saturated rings. The Morgan fingerprint density at radius 2 is 2.11 bits per heavy atom. The van der Waals surface area contributed by atoms with E-state index in [-0.39, 0.29) is 0 Å². The Morgan fingerprint density at radius 3 is 2.94 bits per heavy atom. The molecule has 0 saturated heterocycles. The van der Waals surface area contributed by atoms with Crippen molar-refractivity contribution in [3.05, 3.63) is 35.0 Å². The first-order chi connectivity index (χ1) is 8.81. The van der Waals surface area contributed by atoms with Gasteiger partial charge in [-0.25, -0.2) is 4.68 Å². The number of anilines is 1. The summed E-state index contributed by atoms with van der Waals surface area (Å²) in [6, 6.07) is 6.46. The van der Waals surface area contributed by atoms with Crippen LogP contribution < -0.4 is 5.73 Å².